The van der Waals surface area contributed by atoms with Crippen LogP contribution in [0.25, 0.3) is 6.08 Å². The molecular weight excluding hydrogens is 270 g/mol. The maximum atomic E-state index is 12.6. The van der Waals surface area contributed by atoms with Crippen LogP contribution in [0, 0.1) is 6.92 Å². The van der Waals surface area contributed by atoms with Crippen LogP contribution in [0.2, 0.25) is 0 Å². The van der Waals surface area contributed by atoms with Crippen LogP contribution in [-0.4, -0.2) is 48.2 Å². The molecule has 1 aliphatic rings. The zero-order valence-electron chi connectivity index (χ0n) is 12.2. The lowest BCUT2D eigenvalue weighted by Crippen LogP contribution is -2.37. The molecule has 1 aromatic rings. The summed E-state index contributed by atoms with van der Waals surface area (Å²) < 4.78 is 5.31. The summed E-state index contributed by atoms with van der Waals surface area (Å²) in [5.41, 5.74) is 2.11. The number of benzene rings is 1. The number of hydrogen-bond acceptors (Lipinski definition) is 3. The normalized spacial score (nSPS) is 18.1. The van der Waals surface area contributed by atoms with Gasteiger partial charge in [-0.2, -0.15) is 0 Å². The Balaban J connectivity index is 2.24. The average molecular weight is 289 g/mol. The van der Waals surface area contributed by atoms with Gasteiger partial charge in [0, 0.05) is 25.3 Å². The van der Waals surface area contributed by atoms with Gasteiger partial charge >= 0.3 is 5.97 Å². The molecule has 0 radical (unpaired) electrons. The summed E-state index contributed by atoms with van der Waals surface area (Å²) in [4.78, 5) is 24.9. The molecule has 0 spiro atoms. The van der Waals surface area contributed by atoms with Gasteiger partial charge in [0.15, 0.2) is 0 Å². The SMILES string of the molecule is Cc1c(/C=C/C(=O)O)cccc1C(=O)N(C)C1CCOC1. The van der Waals surface area contributed by atoms with Gasteiger partial charge in [-0.05, 0) is 36.6 Å². The van der Waals surface area contributed by atoms with Crippen LogP contribution in [0.1, 0.15) is 27.9 Å². The van der Waals surface area contributed by atoms with E-state index in [0.29, 0.717) is 18.8 Å². The van der Waals surface area contributed by atoms with Crippen molar-refractivity contribution in [3.05, 3.63) is 41.0 Å². The molecule has 0 aromatic heterocycles. The molecular formula is C16H19NO4. The highest BCUT2D eigenvalue weighted by molar-refractivity contribution is 5.97. The number of carboxylic acids is 1. The Bertz CT molecular complexity index is 574. The highest BCUT2D eigenvalue weighted by atomic mass is 16.5. The molecule has 1 heterocycles. The van der Waals surface area contributed by atoms with Crippen molar-refractivity contribution in [1.29, 1.82) is 0 Å². The van der Waals surface area contributed by atoms with Gasteiger partial charge in [-0.25, -0.2) is 4.79 Å². The summed E-state index contributed by atoms with van der Waals surface area (Å²) in [5.74, 6) is -1.07. The minimum absolute atomic E-state index is 0.0615. The molecule has 0 bridgehead atoms. The number of nitrogens with zero attached hydrogens (tertiary/aromatic N) is 1. The molecule has 1 aromatic carbocycles. The molecule has 1 amide bonds. The molecule has 5 heteroatoms. The van der Waals surface area contributed by atoms with Crippen molar-refractivity contribution >= 4 is 18.0 Å². The molecule has 1 N–H and O–H groups in total. The van der Waals surface area contributed by atoms with Crippen molar-refractivity contribution in [2.75, 3.05) is 20.3 Å². The van der Waals surface area contributed by atoms with Crippen LogP contribution < -0.4 is 0 Å². The van der Waals surface area contributed by atoms with Crippen molar-refractivity contribution in [2.24, 2.45) is 0 Å². The van der Waals surface area contributed by atoms with Crippen LogP contribution in [0.5, 0.6) is 0 Å². The quantitative estimate of drug-likeness (QED) is 0.860. The monoisotopic (exact) mass is 289 g/mol. The molecule has 1 atom stereocenters. The molecule has 1 saturated heterocycles. The van der Waals surface area contributed by atoms with Crippen LogP contribution in [0.4, 0.5) is 0 Å². The summed E-state index contributed by atoms with van der Waals surface area (Å²) in [5, 5.41) is 8.70. The van der Waals surface area contributed by atoms with Crippen LogP contribution in [-0.2, 0) is 9.53 Å². The number of carbonyl (C=O) groups excluding carboxylic acids is 1. The Hall–Kier alpha value is -2.14. The van der Waals surface area contributed by atoms with E-state index >= 15 is 0 Å². The molecule has 0 saturated carbocycles. The number of likely N-dealkylation sites (N-methyl/N-ethyl adjacent to an activating group) is 1. The number of hydrogen-bond donors (Lipinski definition) is 1. The van der Waals surface area contributed by atoms with E-state index in [0.717, 1.165) is 23.6 Å². The fourth-order valence-electron chi connectivity index (χ4n) is 2.41. The predicted molar refractivity (Wildman–Crippen MR) is 79.2 cm³/mol. The highest BCUT2D eigenvalue weighted by Gasteiger charge is 2.25. The number of ether oxygens (including phenoxy) is 1. The zero-order chi connectivity index (χ0) is 15.4. The van der Waals surface area contributed by atoms with E-state index in [1.807, 2.05) is 6.92 Å². The largest absolute Gasteiger partial charge is 0.478 e. The molecule has 1 fully saturated rings. The van der Waals surface area contributed by atoms with Gasteiger partial charge in [0.2, 0.25) is 0 Å². The maximum Gasteiger partial charge on any atom is 0.328 e. The van der Waals surface area contributed by atoms with Crippen LogP contribution in [0.15, 0.2) is 24.3 Å². The topological polar surface area (TPSA) is 66.8 Å². The van der Waals surface area contributed by atoms with Crippen LogP contribution >= 0.6 is 0 Å². The summed E-state index contributed by atoms with van der Waals surface area (Å²) in [7, 11) is 1.78. The van der Waals surface area contributed by atoms with Crippen molar-refractivity contribution < 1.29 is 19.4 Å². The van der Waals surface area contributed by atoms with E-state index in [-0.39, 0.29) is 11.9 Å². The molecule has 21 heavy (non-hydrogen) atoms. The first-order chi connectivity index (χ1) is 10.0. The molecule has 1 unspecified atom stereocenters. The first kappa shape index (κ1) is 15.3. The summed E-state index contributed by atoms with van der Waals surface area (Å²) in [6.07, 6.45) is 3.43. The number of carboxylic acid groups (broad SMARTS) is 1. The van der Waals surface area contributed by atoms with Crippen LogP contribution in [0.3, 0.4) is 0 Å². The second kappa shape index (κ2) is 6.54. The second-order valence-corrected chi connectivity index (χ2v) is 5.12. The summed E-state index contributed by atoms with van der Waals surface area (Å²) in [6, 6.07) is 5.43. The average Bonchev–Trinajstić information content (AvgIpc) is 2.98. The predicted octanol–water partition coefficient (Wildman–Crippen LogP) is 1.95. The van der Waals surface area contributed by atoms with Crippen molar-refractivity contribution in [2.45, 2.75) is 19.4 Å². The first-order valence-corrected chi connectivity index (χ1v) is 6.86. The minimum Gasteiger partial charge on any atom is -0.478 e. The third-order valence-corrected chi connectivity index (χ3v) is 3.79. The Morgan fingerprint density at radius 1 is 1.43 bits per heavy atom. The number of carbonyl (C=O) groups is 2. The summed E-state index contributed by atoms with van der Waals surface area (Å²) in [6.45, 7) is 3.08. The minimum atomic E-state index is -1.01. The van der Waals surface area contributed by atoms with Crippen molar-refractivity contribution in [3.8, 4) is 0 Å². The van der Waals surface area contributed by atoms with E-state index in [4.69, 9.17) is 9.84 Å². The van der Waals surface area contributed by atoms with Gasteiger partial charge in [0.1, 0.15) is 0 Å². The van der Waals surface area contributed by atoms with E-state index in [2.05, 4.69) is 0 Å². The van der Waals surface area contributed by atoms with Crippen molar-refractivity contribution in [3.63, 3.8) is 0 Å². The van der Waals surface area contributed by atoms with Gasteiger partial charge in [0.05, 0.1) is 12.6 Å². The third kappa shape index (κ3) is 3.49. The second-order valence-electron chi connectivity index (χ2n) is 5.12. The summed E-state index contributed by atoms with van der Waals surface area (Å²) >= 11 is 0. The number of amides is 1. The Kier molecular flexibility index (Phi) is 4.75. The van der Waals surface area contributed by atoms with Gasteiger partial charge in [0.25, 0.3) is 5.91 Å². The molecule has 112 valence electrons. The molecule has 1 aliphatic heterocycles. The van der Waals surface area contributed by atoms with E-state index in [1.165, 1.54) is 6.08 Å². The maximum absolute atomic E-state index is 12.6. The third-order valence-electron chi connectivity index (χ3n) is 3.79. The van der Waals surface area contributed by atoms with Gasteiger partial charge in [-0.15, -0.1) is 0 Å². The molecule has 5 nitrogen and oxygen atoms in total. The molecule has 0 aliphatic carbocycles. The fourth-order valence-corrected chi connectivity index (χ4v) is 2.41. The lowest BCUT2D eigenvalue weighted by Gasteiger charge is -2.24. The Morgan fingerprint density at radius 3 is 2.81 bits per heavy atom. The van der Waals surface area contributed by atoms with Gasteiger partial charge < -0.3 is 14.7 Å². The number of rotatable bonds is 4. The van der Waals surface area contributed by atoms with Gasteiger partial charge in [-0.1, -0.05) is 12.1 Å². The van der Waals surface area contributed by atoms with E-state index in [9.17, 15) is 9.59 Å². The Labute approximate surface area is 123 Å². The first-order valence-electron chi connectivity index (χ1n) is 6.86. The highest BCUT2D eigenvalue weighted by Crippen LogP contribution is 2.20. The standard InChI is InChI=1S/C16H19NO4/c1-11-12(6-7-15(18)19)4-3-5-14(11)16(20)17(2)13-8-9-21-10-13/h3-7,13H,8-10H2,1-2H3,(H,18,19)/b7-6+. The van der Waals surface area contributed by atoms with Gasteiger partial charge in [-0.3, -0.25) is 4.79 Å². The van der Waals surface area contributed by atoms with E-state index in [1.54, 1.807) is 30.1 Å². The lowest BCUT2D eigenvalue weighted by atomic mass is 10.0. The zero-order valence-corrected chi connectivity index (χ0v) is 12.2. The number of aliphatic carboxylic acids is 1. The smallest absolute Gasteiger partial charge is 0.328 e. The fraction of sp³-hybridized carbons (Fsp3) is 0.375. The lowest BCUT2D eigenvalue weighted by molar-refractivity contribution is -0.131. The van der Waals surface area contributed by atoms with E-state index < -0.39 is 5.97 Å². The molecule has 2 rings (SSSR count). The van der Waals surface area contributed by atoms with Crippen molar-refractivity contribution in [1.82, 2.24) is 4.90 Å². The Morgan fingerprint density at radius 2 is 2.19 bits per heavy atom.